The summed E-state index contributed by atoms with van der Waals surface area (Å²) in [5.41, 5.74) is 4.58. The smallest absolute Gasteiger partial charge is 0.272 e. The van der Waals surface area contributed by atoms with E-state index in [2.05, 4.69) is 4.90 Å². The van der Waals surface area contributed by atoms with Crippen LogP contribution in [0.4, 0.5) is 11.4 Å². The predicted octanol–water partition coefficient (Wildman–Crippen LogP) is 4.73. The van der Waals surface area contributed by atoms with E-state index in [1.54, 1.807) is 30.0 Å². The van der Waals surface area contributed by atoms with Gasteiger partial charge in [0.05, 0.1) is 29.1 Å². The van der Waals surface area contributed by atoms with Crippen LogP contribution in [-0.4, -0.2) is 58.8 Å². The highest BCUT2D eigenvalue weighted by Gasteiger charge is 2.27. The number of nitro benzene ring substituents is 1. The Morgan fingerprint density at radius 1 is 0.946 bits per heavy atom. The van der Waals surface area contributed by atoms with Gasteiger partial charge in [0.2, 0.25) is 0 Å². The Balaban J connectivity index is 1.44. The number of aryl methyl sites for hydroxylation is 1. The normalized spacial score (nSPS) is 13.5. The van der Waals surface area contributed by atoms with Crippen molar-refractivity contribution in [3.63, 3.8) is 0 Å². The first-order chi connectivity index (χ1) is 17.9. The Morgan fingerprint density at radius 3 is 2.35 bits per heavy atom. The number of carbonyl (C=O) groups excluding carboxylic acids is 1. The number of hydrogen-bond acceptors (Lipinski definition) is 6. The number of aromatic nitrogens is 2. The van der Waals surface area contributed by atoms with Crippen LogP contribution in [-0.2, 0) is 0 Å². The molecule has 0 aliphatic carbocycles. The van der Waals surface area contributed by atoms with Crippen LogP contribution in [0.25, 0.3) is 16.9 Å². The molecule has 1 amide bonds. The molecule has 9 heteroatoms. The van der Waals surface area contributed by atoms with Crippen LogP contribution < -0.4 is 9.64 Å². The lowest BCUT2D eigenvalue weighted by molar-refractivity contribution is -0.384. The minimum Gasteiger partial charge on any atom is -0.495 e. The first kappa shape index (κ1) is 24.1. The summed E-state index contributed by atoms with van der Waals surface area (Å²) >= 11 is 0. The number of nitrogens with zero attached hydrogens (tertiary/aromatic N) is 5. The van der Waals surface area contributed by atoms with Gasteiger partial charge in [0.15, 0.2) is 0 Å². The van der Waals surface area contributed by atoms with Gasteiger partial charge in [-0.2, -0.15) is 5.10 Å². The second-order valence-corrected chi connectivity index (χ2v) is 8.92. The van der Waals surface area contributed by atoms with Crippen LogP contribution in [0.2, 0.25) is 0 Å². The minimum absolute atomic E-state index is 0.00563. The van der Waals surface area contributed by atoms with Crippen LogP contribution in [0.3, 0.4) is 0 Å². The summed E-state index contributed by atoms with van der Waals surface area (Å²) in [7, 11) is 1.66. The quantitative estimate of drug-likeness (QED) is 0.283. The molecule has 2 heterocycles. The zero-order chi connectivity index (χ0) is 25.9. The Hall–Kier alpha value is -4.66. The van der Waals surface area contributed by atoms with Crippen LogP contribution >= 0.6 is 0 Å². The zero-order valence-corrected chi connectivity index (χ0v) is 20.7. The number of benzene rings is 3. The Morgan fingerprint density at radius 2 is 1.68 bits per heavy atom. The van der Waals surface area contributed by atoms with Crippen molar-refractivity contribution in [2.24, 2.45) is 0 Å². The van der Waals surface area contributed by atoms with E-state index >= 15 is 0 Å². The van der Waals surface area contributed by atoms with Gasteiger partial charge in [-0.25, -0.2) is 4.68 Å². The summed E-state index contributed by atoms with van der Waals surface area (Å²) in [6, 6.07) is 23.7. The fourth-order valence-corrected chi connectivity index (χ4v) is 4.59. The third-order valence-corrected chi connectivity index (χ3v) is 6.54. The second kappa shape index (κ2) is 10.1. The number of ether oxygens (including phenoxy) is 1. The van der Waals surface area contributed by atoms with E-state index in [-0.39, 0.29) is 11.6 Å². The number of non-ortho nitro benzene ring substituents is 1. The molecule has 0 unspecified atom stereocenters. The second-order valence-electron chi connectivity index (χ2n) is 8.92. The van der Waals surface area contributed by atoms with Crippen LogP contribution in [0, 0.1) is 17.0 Å². The maximum absolute atomic E-state index is 13.8. The summed E-state index contributed by atoms with van der Waals surface area (Å²) in [4.78, 5) is 28.5. The highest BCUT2D eigenvalue weighted by molar-refractivity contribution is 5.94. The van der Waals surface area contributed by atoms with Gasteiger partial charge in [0, 0.05) is 43.9 Å². The molecule has 188 valence electrons. The van der Waals surface area contributed by atoms with E-state index in [1.165, 1.54) is 12.1 Å². The van der Waals surface area contributed by atoms with E-state index in [0.717, 1.165) is 22.7 Å². The number of nitro groups is 1. The average Bonchev–Trinajstić information content (AvgIpc) is 3.38. The van der Waals surface area contributed by atoms with Crippen molar-refractivity contribution in [3.05, 3.63) is 100 Å². The van der Waals surface area contributed by atoms with E-state index in [9.17, 15) is 14.9 Å². The first-order valence-corrected chi connectivity index (χ1v) is 12.0. The van der Waals surface area contributed by atoms with Crippen LogP contribution in [0.1, 0.15) is 16.1 Å². The molecule has 4 aromatic rings. The molecule has 37 heavy (non-hydrogen) atoms. The van der Waals surface area contributed by atoms with Gasteiger partial charge in [0.1, 0.15) is 11.4 Å². The fraction of sp³-hybridized carbons (Fsp3) is 0.214. The Bertz CT molecular complexity index is 1440. The van der Waals surface area contributed by atoms with E-state index in [1.807, 2.05) is 60.4 Å². The zero-order valence-electron chi connectivity index (χ0n) is 20.7. The van der Waals surface area contributed by atoms with Crippen molar-refractivity contribution < 1.29 is 14.5 Å². The third-order valence-electron chi connectivity index (χ3n) is 6.54. The molecular formula is C28H27N5O4. The maximum atomic E-state index is 13.8. The number of amides is 1. The molecule has 0 saturated carbocycles. The van der Waals surface area contributed by atoms with E-state index in [4.69, 9.17) is 9.84 Å². The van der Waals surface area contributed by atoms with Gasteiger partial charge in [0.25, 0.3) is 11.6 Å². The van der Waals surface area contributed by atoms with Gasteiger partial charge >= 0.3 is 0 Å². The molecule has 0 radical (unpaired) electrons. The van der Waals surface area contributed by atoms with Gasteiger partial charge in [-0.05, 0) is 55.0 Å². The molecule has 3 aromatic carbocycles. The van der Waals surface area contributed by atoms with Crippen LogP contribution in [0.15, 0.2) is 78.9 Å². The molecule has 1 aliphatic rings. The lowest BCUT2D eigenvalue weighted by Gasteiger charge is -2.36. The highest BCUT2D eigenvalue weighted by Crippen LogP contribution is 2.29. The summed E-state index contributed by atoms with van der Waals surface area (Å²) in [5, 5.41) is 15.8. The van der Waals surface area contributed by atoms with Crippen LogP contribution in [0.5, 0.6) is 5.75 Å². The lowest BCUT2D eigenvalue weighted by Crippen LogP contribution is -2.49. The Kier molecular flexibility index (Phi) is 6.59. The summed E-state index contributed by atoms with van der Waals surface area (Å²) in [5.74, 6) is 0.703. The monoisotopic (exact) mass is 497 g/mol. The maximum Gasteiger partial charge on any atom is 0.272 e. The SMILES string of the molecule is COc1ccccc1N1CCN(C(=O)c2cc(-c3ccc([N+](=O)[O-])cc3)nn2-c2cccc(C)c2)CC1. The lowest BCUT2D eigenvalue weighted by atomic mass is 10.1. The van der Waals surface area contributed by atoms with E-state index < -0.39 is 4.92 Å². The third kappa shape index (κ3) is 4.88. The standard InChI is InChI=1S/C28H27N5O4/c1-20-6-5-7-23(18-20)32-26(19-24(29-32)21-10-12-22(13-11-21)33(35)36)28(34)31-16-14-30(15-17-31)25-8-3-4-9-27(25)37-2/h3-13,18-19H,14-17H2,1-2H3. The molecule has 5 rings (SSSR count). The number of carbonyl (C=O) groups is 1. The fourth-order valence-electron chi connectivity index (χ4n) is 4.59. The molecule has 9 nitrogen and oxygen atoms in total. The molecule has 1 saturated heterocycles. The van der Waals surface area contributed by atoms with Crippen molar-refractivity contribution in [1.82, 2.24) is 14.7 Å². The summed E-state index contributed by atoms with van der Waals surface area (Å²) < 4.78 is 7.18. The highest BCUT2D eigenvalue weighted by atomic mass is 16.6. The molecular weight excluding hydrogens is 470 g/mol. The van der Waals surface area contributed by atoms with Crippen molar-refractivity contribution in [2.45, 2.75) is 6.92 Å². The molecule has 0 bridgehead atoms. The molecule has 0 N–H and O–H groups in total. The number of anilines is 1. The molecule has 0 atom stereocenters. The number of piperazine rings is 1. The largest absolute Gasteiger partial charge is 0.495 e. The number of rotatable bonds is 6. The summed E-state index contributed by atoms with van der Waals surface area (Å²) in [6.07, 6.45) is 0. The van der Waals surface area contributed by atoms with Gasteiger partial charge in [-0.1, -0.05) is 24.3 Å². The van der Waals surface area contributed by atoms with E-state index in [0.29, 0.717) is 43.1 Å². The minimum atomic E-state index is -0.436. The molecule has 0 spiro atoms. The number of para-hydroxylation sites is 2. The number of hydrogen-bond donors (Lipinski definition) is 0. The Labute approximate surface area is 214 Å². The van der Waals surface area contributed by atoms with Crippen molar-refractivity contribution in [3.8, 4) is 22.7 Å². The molecule has 1 fully saturated rings. The molecule has 1 aliphatic heterocycles. The average molecular weight is 498 g/mol. The molecule has 1 aromatic heterocycles. The number of methoxy groups -OCH3 is 1. The van der Waals surface area contributed by atoms with Crippen molar-refractivity contribution in [2.75, 3.05) is 38.2 Å². The summed E-state index contributed by atoms with van der Waals surface area (Å²) in [6.45, 7) is 4.47. The van der Waals surface area contributed by atoms with Gasteiger partial charge in [-0.3, -0.25) is 14.9 Å². The van der Waals surface area contributed by atoms with Gasteiger partial charge < -0.3 is 14.5 Å². The van der Waals surface area contributed by atoms with Gasteiger partial charge in [-0.15, -0.1) is 0 Å². The first-order valence-electron chi connectivity index (χ1n) is 12.0. The predicted molar refractivity (Wildman–Crippen MR) is 142 cm³/mol. The topological polar surface area (TPSA) is 93.7 Å². The van der Waals surface area contributed by atoms with Crippen molar-refractivity contribution in [1.29, 1.82) is 0 Å². The van der Waals surface area contributed by atoms with Crippen molar-refractivity contribution >= 4 is 17.3 Å².